The quantitative estimate of drug-likeness (QED) is 0.697. The molecule has 1 aromatic carbocycles. The maximum Gasteiger partial charge on any atom is 0.573 e. The third-order valence-electron chi connectivity index (χ3n) is 4.96. The molecule has 2 aromatic heterocycles. The van der Waals surface area contributed by atoms with Crippen LogP contribution < -0.4 is 9.64 Å². The summed E-state index contributed by atoms with van der Waals surface area (Å²) in [5, 5.41) is 0. The van der Waals surface area contributed by atoms with Gasteiger partial charge in [-0.3, -0.25) is 0 Å². The first kappa shape index (κ1) is 19.2. The molecule has 0 atom stereocenters. The fraction of sp³-hybridized carbons (Fsp3) is 0.350. The van der Waals surface area contributed by atoms with Crippen LogP contribution in [0.25, 0.3) is 11.3 Å². The van der Waals surface area contributed by atoms with Gasteiger partial charge in [-0.2, -0.15) is 0 Å². The van der Waals surface area contributed by atoms with Crippen LogP contribution in [0.5, 0.6) is 5.75 Å². The van der Waals surface area contributed by atoms with Crippen LogP contribution in [0.15, 0.2) is 42.9 Å². The fourth-order valence-electron chi connectivity index (χ4n) is 3.59. The lowest BCUT2D eigenvalue weighted by molar-refractivity contribution is -0.274. The number of nitrogens with one attached hydrogen (secondary N) is 1. The fourth-order valence-corrected chi connectivity index (χ4v) is 3.59. The number of hydrogen-bond donors (Lipinski definition) is 1. The molecule has 3 aromatic rings. The molecule has 0 unspecified atom stereocenters. The first-order valence-electron chi connectivity index (χ1n) is 9.33. The molecule has 1 fully saturated rings. The van der Waals surface area contributed by atoms with Gasteiger partial charge in [0, 0.05) is 36.8 Å². The smallest absolute Gasteiger partial charge is 0.406 e. The minimum absolute atomic E-state index is 0.257. The van der Waals surface area contributed by atoms with Crippen LogP contribution in [0.2, 0.25) is 0 Å². The predicted molar refractivity (Wildman–Crippen MR) is 102 cm³/mol. The van der Waals surface area contributed by atoms with Crippen molar-refractivity contribution in [3.63, 3.8) is 0 Å². The van der Waals surface area contributed by atoms with Crippen LogP contribution >= 0.6 is 0 Å². The number of aromatic amines is 1. The van der Waals surface area contributed by atoms with Gasteiger partial charge in [0.1, 0.15) is 17.4 Å². The Labute approximate surface area is 165 Å². The Morgan fingerprint density at radius 3 is 2.45 bits per heavy atom. The summed E-state index contributed by atoms with van der Waals surface area (Å²) in [6.45, 7) is 3.52. The first-order chi connectivity index (χ1) is 13.9. The van der Waals surface area contributed by atoms with E-state index in [1.807, 2.05) is 19.2 Å². The van der Waals surface area contributed by atoms with E-state index in [4.69, 9.17) is 0 Å². The molecule has 9 heteroatoms. The number of H-pyrrole nitrogens is 1. The molecule has 0 saturated carbocycles. The molecule has 1 N–H and O–H groups in total. The Hall–Kier alpha value is -3.10. The minimum Gasteiger partial charge on any atom is -0.406 e. The molecule has 0 spiro atoms. The maximum absolute atomic E-state index is 12.3. The van der Waals surface area contributed by atoms with Crippen molar-refractivity contribution in [1.82, 2.24) is 19.9 Å². The van der Waals surface area contributed by atoms with Crippen molar-refractivity contribution in [2.45, 2.75) is 32.0 Å². The van der Waals surface area contributed by atoms with Crippen LogP contribution in [0.3, 0.4) is 0 Å². The highest BCUT2D eigenvalue weighted by Crippen LogP contribution is 2.31. The highest BCUT2D eigenvalue weighted by Gasteiger charge is 2.31. The normalized spacial score (nSPS) is 15.5. The number of imidazole rings is 1. The summed E-state index contributed by atoms with van der Waals surface area (Å²) >= 11 is 0. The zero-order valence-corrected chi connectivity index (χ0v) is 15.8. The lowest BCUT2D eigenvalue weighted by atomic mass is 9.94. The van der Waals surface area contributed by atoms with E-state index >= 15 is 0 Å². The summed E-state index contributed by atoms with van der Waals surface area (Å²) in [5.41, 5.74) is 2.46. The van der Waals surface area contributed by atoms with Crippen molar-refractivity contribution < 1.29 is 17.9 Å². The van der Waals surface area contributed by atoms with Gasteiger partial charge in [-0.05, 0) is 44.0 Å². The van der Waals surface area contributed by atoms with E-state index in [1.54, 1.807) is 18.5 Å². The van der Waals surface area contributed by atoms with Gasteiger partial charge in [0.25, 0.3) is 0 Å². The number of benzene rings is 1. The molecule has 0 aliphatic carbocycles. The average Bonchev–Trinajstić information content (AvgIpc) is 3.22. The second kappa shape index (κ2) is 7.73. The second-order valence-electron chi connectivity index (χ2n) is 6.99. The lowest BCUT2D eigenvalue weighted by Gasteiger charge is -2.32. The third-order valence-corrected chi connectivity index (χ3v) is 4.96. The Balaban J connectivity index is 1.49. The molecule has 29 heavy (non-hydrogen) atoms. The first-order valence-corrected chi connectivity index (χ1v) is 9.33. The van der Waals surface area contributed by atoms with Crippen molar-refractivity contribution in [1.29, 1.82) is 0 Å². The number of aromatic nitrogens is 4. The predicted octanol–water partition coefficient (Wildman–Crippen LogP) is 4.46. The number of alkyl halides is 3. The summed E-state index contributed by atoms with van der Waals surface area (Å²) in [5.74, 6) is 1.61. The SMILES string of the molecule is Cc1nc(-c2ccc(OC(F)(F)F)cc2)cc(N2CCC(c3c[nH]cn3)CC2)n1. The Kier molecular flexibility index (Phi) is 5.12. The summed E-state index contributed by atoms with van der Waals surface area (Å²) in [6.07, 6.45) is 0.897. The molecule has 0 bridgehead atoms. The molecule has 4 rings (SSSR count). The van der Waals surface area contributed by atoms with Crippen LogP contribution in [-0.2, 0) is 0 Å². The van der Waals surface area contributed by atoms with Crippen molar-refractivity contribution in [3.8, 4) is 17.0 Å². The number of aryl methyl sites for hydroxylation is 1. The third kappa shape index (κ3) is 4.67. The van der Waals surface area contributed by atoms with Crippen LogP contribution in [0.1, 0.15) is 30.3 Å². The maximum atomic E-state index is 12.3. The number of rotatable bonds is 4. The number of ether oxygens (including phenoxy) is 1. The summed E-state index contributed by atoms with van der Waals surface area (Å²) in [7, 11) is 0. The molecule has 0 radical (unpaired) electrons. The van der Waals surface area contributed by atoms with Crippen molar-refractivity contribution in [3.05, 3.63) is 54.4 Å². The molecule has 3 heterocycles. The van der Waals surface area contributed by atoms with Crippen molar-refractivity contribution in [2.75, 3.05) is 18.0 Å². The number of anilines is 1. The highest BCUT2D eigenvalue weighted by molar-refractivity contribution is 5.63. The van der Waals surface area contributed by atoms with E-state index in [-0.39, 0.29) is 5.75 Å². The van der Waals surface area contributed by atoms with Gasteiger partial charge in [-0.25, -0.2) is 15.0 Å². The zero-order chi connectivity index (χ0) is 20.4. The highest BCUT2D eigenvalue weighted by atomic mass is 19.4. The number of halogens is 3. The van der Waals surface area contributed by atoms with Gasteiger partial charge >= 0.3 is 6.36 Å². The van der Waals surface area contributed by atoms with Crippen molar-refractivity contribution in [2.24, 2.45) is 0 Å². The monoisotopic (exact) mass is 403 g/mol. The largest absolute Gasteiger partial charge is 0.573 e. The Bertz CT molecular complexity index is 949. The van der Waals surface area contributed by atoms with Gasteiger partial charge < -0.3 is 14.6 Å². The molecule has 1 aliphatic heterocycles. The molecule has 1 saturated heterocycles. The molecule has 0 amide bonds. The molecule has 6 nitrogen and oxygen atoms in total. The standard InChI is InChI=1S/C20H20F3N5O/c1-13-26-17(14-2-4-16(5-3-14)29-20(21,22)23)10-19(27-13)28-8-6-15(7-9-28)18-11-24-12-25-18/h2-5,10-12,15H,6-9H2,1H3,(H,24,25). The van der Waals surface area contributed by atoms with Gasteiger partial charge in [0.05, 0.1) is 17.7 Å². The van der Waals surface area contributed by atoms with Crippen LogP contribution in [0, 0.1) is 6.92 Å². The number of hydrogen-bond acceptors (Lipinski definition) is 5. The molecule has 152 valence electrons. The topological polar surface area (TPSA) is 66.9 Å². The second-order valence-corrected chi connectivity index (χ2v) is 6.99. The Morgan fingerprint density at radius 1 is 1.10 bits per heavy atom. The molecular formula is C20H20F3N5O. The lowest BCUT2D eigenvalue weighted by Crippen LogP contribution is -2.33. The van der Waals surface area contributed by atoms with Crippen LogP contribution in [-0.4, -0.2) is 39.4 Å². The van der Waals surface area contributed by atoms with E-state index in [1.165, 1.54) is 12.1 Å². The van der Waals surface area contributed by atoms with E-state index < -0.39 is 6.36 Å². The van der Waals surface area contributed by atoms with Gasteiger partial charge in [0.15, 0.2) is 0 Å². The summed E-state index contributed by atoms with van der Waals surface area (Å²) in [4.78, 5) is 18.6. The van der Waals surface area contributed by atoms with Gasteiger partial charge in [-0.1, -0.05) is 0 Å². The number of nitrogens with zero attached hydrogens (tertiary/aromatic N) is 4. The van der Waals surface area contributed by atoms with Gasteiger partial charge in [-0.15, -0.1) is 13.2 Å². The minimum atomic E-state index is -4.71. The Morgan fingerprint density at radius 2 is 1.83 bits per heavy atom. The summed E-state index contributed by atoms with van der Waals surface area (Å²) < 4.78 is 40.9. The van der Waals surface area contributed by atoms with E-state index in [9.17, 15) is 13.2 Å². The van der Waals surface area contributed by atoms with E-state index in [0.29, 0.717) is 23.0 Å². The molecular weight excluding hydrogens is 383 g/mol. The average molecular weight is 403 g/mol. The van der Waals surface area contributed by atoms with Crippen molar-refractivity contribution >= 4 is 5.82 Å². The van der Waals surface area contributed by atoms with E-state index in [2.05, 4.69) is 29.6 Å². The zero-order valence-electron chi connectivity index (χ0n) is 15.8. The number of piperidine rings is 1. The molecule has 1 aliphatic rings. The summed E-state index contributed by atoms with van der Waals surface area (Å²) in [6, 6.07) is 7.58. The van der Waals surface area contributed by atoms with E-state index in [0.717, 1.165) is 37.4 Å². The van der Waals surface area contributed by atoms with Gasteiger partial charge in [0.2, 0.25) is 0 Å². The van der Waals surface area contributed by atoms with Crippen LogP contribution in [0.4, 0.5) is 19.0 Å².